The molecule has 4 N–H and O–H groups in total. The highest BCUT2D eigenvalue weighted by Crippen LogP contribution is 2.17. The quantitative estimate of drug-likeness (QED) is 0.623. The van der Waals surface area contributed by atoms with Crippen LogP contribution in [0.4, 0.5) is 5.69 Å². The number of carbonyl (C=O) groups is 2. The van der Waals surface area contributed by atoms with E-state index in [0.717, 1.165) is 12.8 Å². The van der Waals surface area contributed by atoms with E-state index in [9.17, 15) is 9.59 Å². The predicted molar refractivity (Wildman–Crippen MR) is 101 cm³/mol. The number of carbonyl (C=O) groups excluding carboxylic acids is 2. The van der Waals surface area contributed by atoms with E-state index >= 15 is 0 Å². The Morgan fingerprint density at radius 3 is 2.52 bits per heavy atom. The lowest BCUT2D eigenvalue weighted by Crippen LogP contribution is -2.47. The summed E-state index contributed by atoms with van der Waals surface area (Å²) in [5.74, 6) is -0.0766. The second kappa shape index (κ2) is 11.3. The largest absolute Gasteiger partial charge is 0.381 e. The van der Waals surface area contributed by atoms with Crippen LogP contribution in [0.25, 0.3) is 0 Å². The van der Waals surface area contributed by atoms with Crippen molar-refractivity contribution in [3.05, 3.63) is 29.3 Å². The van der Waals surface area contributed by atoms with Gasteiger partial charge in [0.15, 0.2) is 0 Å². The topological polar surface area (TPSA) is 93.5 Å². The van der Waals surface area contributed by atoms with E-state index in [2.05, 4.69) is 10.6 Å². The van der Waals surface area contributed by atoms with E-state index in [1.165, 1.54) is 0 Å². The maximum absolute atomic E-state index is 12.0. The molecule has 0 bridgehead atoms. The molecule has 1 aromatic carbocycles. The third-order valence-electron chi connectivity index (χ3n) is 4.08. The molecule has 0 saturated carbocycles. The third-order valence-corrected chi connectivity index (χ3v) is 4.34. The maximum atomic E-state index is 12.0. The normalized spacial score (nSPS) is 15.8. The number of rotatable bonds is 7. The SMILES string of the molecule is Cl.NC(C(=O)NCCCC(=O)Nc1ccc(Cl)cc1)C1CCOCC1. The Kier molecular flexibility index (Phi) is 9.82. The lowest BCUT2D eigenvalue weighted by atomic mass is 9.92. The minimum absolute atomic E-state index is 0. The average molecular weight is 390 g/mol. The van der Waals surface area contributed by atoms with Gasteiger partial charge in [-0.1, -0.05) is 11.6 Å². The van der Waals surface area contributed by atoms with Crippen LogP contribution < -0.4 is 16.4 Å². The van der Waals surface area contributed by atoms with E-state index in [0.29, 0.717) is 43.3 Å². The number of halogens is 2. The Morgan fingerprint density at radius 1 is 1.24 bits per heavy atom. The molecule has 6 nitrogen and oxygen atoms in total. The summed E-state index contributed by atoms with van der Waals surface area (Å²) >= 11 is 5.79. The summed E-state index contributed by atoms with van der Waals surface area (Å²) < 4.78 is 5.27. The van der Waals surface area contributed by atoms with Crippen molar-refractivity contribution in [2.24, 2.45) is 11.7 Å². The molecule has 2 amide bonds. The summed E-state index contributed by atoms with van der Waals surface area (Å²) in [4.78, 5) is 23.8. The molecule has 1 aliphatic rings. The second-order valence-electron chi connectivity index (χ2n) is 5.93. The molecular weight excluding hydrogens is 365 g/mol. The molecule has 2 rings (SSSR count). The number of nitrogens with one attached hydrogen (secondary N) is 2. The standard InChI is InChI=1S/C17H24ClN3O3.ClH/c18-13-3-5-14(6-4-13)21-15(22)2-1-9-20-17(23)16(19)12-7-10-24-11-8-12;/h3-6,12,16H,1-2,7-11,19H2,(H,20,23)(H,21,22);1H. The van der Waals surface area contributed by atoms with Gasteiger partial charge in [-0.15, -0.1) is 12.4 Å². The van der Waals surface area contributed by atoms with Crippen LogP contribution in [0, 0.1) is 5.92 Å². The molecule has 1 saturated heterocycles. The molecule has 1 fully saturated rings. The molecular formula is C17H25Cl2N3O3. The number of anilines is 1. The molecule has 140 valence electrons. The van der Waals surface area contributed by atoms with E-state index < -0.39 is 6.04 Å². The average Bonchev–Trinajstić information content (AvgIpc) is 2.60. The number of hydrogen-bond acceptors (Lipinski definition) is 4. The molecule has 0 radical (unpaired) electrons. The van der Waals surface area contributed by atoms with Crippen LogP contribution in [0.5, 0.6) is 0 Å². The van der Waals surface area contributed by atoms with Gasteiger partial charge in [0.05, 0.1) is 6.04 Å². The number of benzene rings is 1. The third kappa shape index (κ3) is 7.61. The molecule has 0 spiro atoms. The first kappa shape index (κ1) is 21.7. The molecule has 0 aromatic heterocycles. The highest BCUT2D eigenvalue weighted by molar-refractivity contribution is 6.30. The minimum atomic E-state index is -0.503. The van der Waals surface area contributed by atoms with Crippen molar-refractivity contribution in [2.75, 3.05) is 25.1 Å². The van der Waals surface area contributed by atoms with Crippen molar-refractivity contribution >= 4 is 41.5 Å². The first-order valence-corrected chi connectivity index (χ1v) is 8.60. The van der Waals surface area contributed by atoms with Crippen LogP contribution in [0.3, 0.4) is 0 Å². The summed E-state index contributed by atoms with van der Waals surface area (Å²) in [5, 5.41) is 6.21. The van der Waals surface area contributed by atoms with E-state index in [-0.39, 0.29) is 30.1 Å². The van der Waals surface area contributed by atoms with Gasteiger partial charge in [0, 0.05) is 36.9 Å². The summed E-state index contributed by atoms with van der Waals surface area (Å²) in [6, 6.07) is 6.42. The molecule has 8 heteroatoms. The van der Waals surface area contributed by atoms with Crippen LogP contribution in [0.1, 0.15) is 25.7 Å². The van der Waals surface area contributed by atoms with Crippen LogP contribution in [0.2, 0.25) is 5.02 Å². The van der Waals surface area contributed by atoms with Gasteiger partial charge >= 0.3 is 0 Å². The minimum Gasteiger partial charge on any atom is -0.381 e. The summed E-state index contributed by atoms with van der Waals surface area (Å²) in [6.45, 7) is 1.76. The van der Waals surface area contributed by atoms with Crippen molar-refractivity contribution in [1.82, 2.24) is 5.32 Å². The van der Waals surface area contributed by atoms with Gasteiger partial charge in [0.2, 0.25) is 11.8 Å². The highest BCUT2D eigenvalue weighted by Gasteiger charge is 2.26. The Hall–Kier alpha value is -1.34. The van der Waals surface area contributed by atoms with Crippen LogP contribution >= 0.6 is 24.0 Å². The van der Waals surface area contributed by atoms with Crippen LogP contribution in [-0.2, 0) is 14.3 Å². The number of nitrogens with two attached hydrogens (primary N) is 1. The Bertz CT molecular complexity index is 549. The fraction of sp³-hybridized carbons (Fsp3) is 0.529. The van der Waals surface area contributed by atoms with Crippen molar-refractivity contribution in [3.8, 4) is 0 Å². The second-order valence-corrected chi connectivity index (χ2v) is 6.36. The van der Waals surface area contributed by atoms with Gasteiger partial charge in [-0.05, 0) is 49.4 Å². The zero-order valence-corrected chi connectivity index (χ0v) is 15.6. The fourth-order valence-corrected chi connectivity index (χ4v) is 2.75. The number of amides is 2. The summed E-state index contributed by atoms with van der Waals surface area (Å²) in [7, 11) is 0. The van der Waals surface area contributed by atoms with Crippen molar-refractivity contribution in [1.29, 1.82) is 0 Å². The van der Waals surface area contributed by atoms with Gasteiger partial charge in [-0.2, -0.15) is 0 Å². The summed E-state index contributed by atoms with van der Waals surface area (Å²) in [6.07, 6.45) is 2.53. The Balaban J connectivity index is 0.00000312. The van der Waals surface area contributed by atoms with Crippen LogP contribution in [-0.4, -0.2) is 37.6 Å². The molecule has 1 aliphatic heterocycles. The van der Waals surface area contributed by atoms with Crippen molar-refractivity contribution < 1.29 is 14.3 Å². The molecule has 1 atom stereocenters. The van der Waals surface area contributed by atoms with Crippen molar-refractivity contribution in [3.63, 3.8) is 0 Å². The zero-order chi connectivity index (χ0) is 17.4. The first-order chi connectivity index (χ1) is 11.6. The monoisotopic (exact) mass is 389 g/mol. The molecule has 1 unspecified atom stereocenters. The summed E-state index contributed by atoms with van der Waals surface area (Å²) in [5.41, 5.74) is 6.69. The van der Waals surface area contributed by atoms with Crippen molar-refractivity contribution in [2.45, 2.75) is 31.7 Å². The van der Waals surface area contributed by atoms with Gasteiger partial charge < -0.3 is 21.1 Å². The molecule has 1 aromatic rings. The maximum Gasteiger partial charge on any atom is 0.237 e. The first-order valence-electron chi connectivity index (χ1n) is 8.22. The van der Waals surface area contributed by atoms with Crippen LogP contribution in [0.15, 0.2) is 24.3 Å². The molecule has 1 heterocycles. The predicted octanol–water partition coefficient (Wildman–Crippen LogP) is 2.35. The van der Waals surface area contributed by atoms with Gasteiger partial charge in [-0.3, -0.25) is 9.59 Å². The molecule has 0 aliphatic carbocycles. The lowest BCUT2D eigenvalue weighted by molar-refractivity contribution is -0.124. The molecule has 25 heavy (non-hydrogen) atoms. The Morgan fingerprint density at radius 2 is 1.88 bits per heavy atom. The smallest absolute Gasteiger partial charge is 0.237 e. The number of hydrogen-bond donors (Lipinski definition) is 3. The van der Waals surface area contributed by atoms with E-state index in [1.807, 2.05) is 0 Å². The fourth-order valence-electron chi connectivity index (χ4n) is 2.62. The highest BCUT2D eigenvalue weighted by atomic mass is 35.5. The van der Waals surface area contributed by atoms with Gasteiger partial charge in [-0.25, -0.2) is 0 Å². The number of ether oxygens (including phenoxy) is 1. The Labute approximate surface area is 159 Å². The van der Waals surface area contributed by atoms with Gasteiger partial charge in [0.1, 0.15) is 0 Å². The zero-order valence-electron chi connectivity index (χ0n) is 14.0. The van der Waals surface area contributed by atoms with E-state index in [4.69, 9.17) is 22.1 Å². The van der Waals surface area contributed by atoms with Gasteiger partial charge in [0.25, 0.3) is 0 Å². The lowest BCUT2D eigenvalue weighted by Gasteiger charge is -2.26. The van der Waals surface area contributed by atoms with E-state index in [1.54, 1.807) is 24.3 Å².